The van der Waals surface area contributed by atoms with Crippen LogP contribution in [0.15, 0.2) is 28.6 Å². The minimum absolute atomic E-state index is 0.0115. The predicted octanol–water partition coefficient (Wildman–Crippen LogP) is 3.64. The summed E-state index contributed by atoms with van der Waals surface area (Å²) in [6, 6.07) is 8.01. The fourth-order valence-electron chi connectivity index (χ4n) is 4.25. The number of aromatic nitrogens is 2. The van der Waals surface area contributed by atoms with Gasteiger partial charge in [-0.25, -0.2) is 8.42 Å². The molecule has 1 N–H and O–H groups in total. The monoisotopic (exact) mass is 466 g/mol. The minimum atomic E-state index is -3.03. The van der Waals surface area contributed by atoms with Crippen LogP contribution >= 0.6 is 23.1 Å². The molecule has 0 spiro atoms. The number of sulfone groups is 1. The van der Waals surface area contributed by atoms with Crippen molar-refractivity contribution in [2.24, 2.45) is 0 Å². The Bertz CT molecular complexity index is 1000. The second-order valence-corrected chi connectivity index (χ2v) is 12.4. The Labute approximate surface area is 185 Å². The van der Waals surface area contributed by atoms with Gasteiger partial charge in [0.2, 0.25) is 11.0 Å². The van der Waals surface area contributed by atoms with Crippen LogP contribution in [0.2, 0.25) is 0 Å². The van der Waals surface area contributed by atoms with Crippen molar-refractivity contribution in [1.29, 1.82) is 0 Å². The molecule has 2 aliphatic rings. The SMILES string of the molecule is Cc1cccc(Nc2nnc(SCC(=O)N(C3CCCC3)C3CCS(=O)(=O)C3)s2)c1. The van der Waals surface area contributed by atoms with Crippen LogP contribution in [0.5, 0.6) is 0 Å². The Morgan fingerprint density at radius 3 is 2.73 bits per heavy atom. The molecule has 0 radical (unpaired) electrons. The summed E-state index contributed by atoms with van der Waals surface area (Å²) in [7, 11) is -3.03. The van der Waals surface area contributed by atoms with E-state index in [2.05, 4.69) is 15.5 Å². The topological polar surface area (TPSA) is 92.3 Å². The van der Waals surface area contributed by atoms with Gasteiger partial charge in [-0.2, -0.15) is 0 Å². The van der Waals surface area contributed by atoms with Gasteiger partial charge in [0.15, 0.2) is 14.2 Å². The van der Waals surface area contributed by atoms with E-state index in [1.165, 1.54) is 23.1 Å². The zero-order valence-electron chi connectivity index (χ0n) is 16.9. The number of thioether (sulfide) groups is 1. The highest BCUT2D eigenvalue weighted by molar-refractivity contribution is 8.01. The maximum Gasteiger partial charge on any atom is 0.233 e. The van der Waals surface area contributed by atoms with E-state index in [1.54, 1.807) is 0 Å². The molecule has 2 aromatic rings. The van der Waals surface area contributed by atoms with E-state index in [4.69, 9.17) is 0 Å². The average Bonchev–Trinajstić information content (AvgIpc) is 3.43. The van der Waals surface area contributed by atoms with E-state index in [0.29, 0.717) is 11.6 Å². The molecule has 1 aromatic carbocycles. The summed E-state index contributed by atoms with van der Waals surface area (Å²) in [5.74, 6) is 0.554. The molecule has 1 saturated heterocycles. The Hall–Kier alpha value is -1.65. The Morgan fingerprint density at radius 2 is 2.03 bits per heavy atom. The molecule has 1 aliphatic carbocycles. The summed E-state index contributed by atoms with van der Waals surface area (Å²) in [5.41, 5.74) is 2.11. The van der Waals surface area contributed by atoms with Crippen molar-refractivity contribution in [2.75, 3.05) is 22.6 Å². The molecule has 1 unspecified atom stereocenters. The maximum atomic E-state index is 13.1. The van der Waals surface area contributed by atoms with Gasteiger partial charge >= 0.3 is 0 Å². The van der Waals surface area contributed by atoms with Crippen molar-refractivity contribution in [3.63, 3.8) is 0 Å². The van der Waals surface area contributed by atoms with Crippen LogP contribution in [-0.4, -0.2) is 58.8 Å². The molecule has 1 saturated carbocycles. The Morgan fingerprint density at radius 1 is 1.23 bits per heavy atom. The second kappa shape index (κ2) is 9.23. The van der Waals surface area contributed by atoms with E-state index >= 15 is 0 Å². The van der Waals surface area contributed by atoms with Crippen molar-refractivity contribution in [3.05, 3.63) is 29.8 Å². The molecule has 2 heterocycles. The van der Waals surface area contributed by atoms with Gasteiger partial charge in [0.25, 0.3) is 0 Å². The third-order valence-corrected chi connectivity index (χ3v) is 9.31. The molecule has 1 aliphatic heterocycles. The molecule has 7 nitrogen and oxygen atoms in total. The summed E-state index contributed by atoms with van der Waals surface area (Å²) in [6.45, 7) is 2.03. The summed E-state index contributed by atoms with van der Waals surface area (Å²) < 4.78 is 24.7. The number of aryl methyl sites for hydroxylation is 1. The van der Waals surface area contributed by atoms with Crippen LogP contribution in [0.4, 0.5) is 10.8 Å². The Kier molecular flexibility index (Phi) is 6.64. The van der Waals surface area contributed by atoms with Crippen LogP contribution in [0.25, 0.3) is 0 Å². The van der Waals surface area contributed by atoms with Crippen molar-refractivity contribution in [1.82, 2.24) is 15.1 Å². The van der Waals surface area contributed by atoms with Crippen molar-refractivity contribution in [3.8, 4) is 0 Å². The lowest BCUT2D eigenvalue weighted by Gasteiger charge is -2.34. The molecule has 1 aromatic heterocycles. The van der Waals surface area contributed by atoms with Gasteiger partial charge in [0.1, 0.15) is 0 Å². The zero-order valence-corrected chi connectivity index (χ0v) is 19.4. The van der Waals surface area contributed by atoms with Gasteiger partial charge in [-0.1, -0.05) is 48.1 Å². The third-order valence-electron chi connectivity index (χ3n) is 5.60. The minimum Gasteiger partial charge on any atom is -0.335 e. The molecular weight excluding hydrogens is 440 g/mol. The van der Waals surface area contributed by atoms with E-state index in [0.717, 1.165) is 41.3 Å². The average molecular weight is 467 g/mol. The zero-order chi connectivity index (χ0) is 21.1. The highest BCUT2D eigenvalue weighted by Crippen LogP contribution is 2.32. The smallest absolute Gasteiger partial charge is 0.233 e. The van der Waals surface area contributed by atoms with Gasteiger partial charge < -0.3 is 10.2 Å². The van der Waals surface area contributed by atoms with Crippen molar-refractivity contribution in [2.45, 2.75) is 55.5 Å². The first-order valence-corrected chi connectivity index (χ1v) is 13.8. The summed E-state index contributed by atoms with van der Waals surface area (Å²) >= 11 is 2.79. The summed E-state index contributed by atoms with van der Waals surface area (Å²) in [4.78, 5) is 15.0. The number of nitrogens with zero attached hydrogens (tertiary/aromatic N) is 3. The summed E-state index contributed by atoms with van der Waals surface area (Å²) in [6.07, 6.45) is 4.70. The van der Waals surface area contributed by atoms with Crippen molar-refractivity contribution < 1.29 is 13.2 Å². The van der Waals surface area contributed by atoms with E-state index in [1.807, 2.05) is 36.1 Å². The van der Waals surface area contributed by atoms with Gasteiger partial charge in [-0.15, -0.1) is 10.2 Å². The lowest BCUT2D eigenvalue weighted by atomic mass is 10.1. The number of carbonyl (C=O) groups is 1. The number of hydrogen-bond donors (Lipinski definition) is 1. The fraction of sp³-hybridized carbons (Fsp3) is 0.550. The lowest BCUT2D eigenvalue weighted by Crippen LogP contribution is -2.47. The fourth-order valence-corrected chi connectivity index (χ4v) is 7.60. The lowest BCUT2D eigenvalue weighted by molar-refractivity contribution is -0.132. The first-order valence-electron chi connectivity index (χ1n) is 10.2. The molecule has 1 amide bonds. The van der Waals surface area contributed by atoms with Gasteiger partial charge in [0, 0.05) is 17.8 Å². The molecule has 1 atom stereocenters. The largest absolute Gasteiger partial charge is 0.335 e. The molecule has 4 rings (SSSR count). The van der Waals surface area contributed by atoms with Crippen molar-refractivity contribution >= 4 is 49.7 Å². The van der Waals surface area contributed by atoms with E-state index in [-0.39, 0.29) is 35.2 Å². The molecule has 10 heteroatoms. The van der Waals surface area contributed by atoms with Gasteiger partial charge in [0.05, 0.1) is 17.3 Å². The van der Waals surface area contributed by atoms with Gasteiger partial charge in [-0.3, -0.25) is 4.79 Å². The summed E-state index contributed by atoms with van der Waals surface area (Å²) in [5, 5.41) is 12.3. The number of carbonyl (C=O) groups excluding carboxylic acids is 1. The maximum absolute atomic E-state index is 13.1. The number of hydrogen-bond acceptors (Lipinski definition) is 8. The number of anilines is 2. The van der Waals surface area contributed by atoms with Crippen LogP contribution in [0.3, 0.4) is 0 Å². The Balaban J connectivity index is 1.38. The number of rotatable bonds is 7. The number of nitrogens with one attached hydrogen (secondary N) is 1. The highest BCUT2D eigenvalue weighted by atomic mass is 32.2. The van der Waals surface area contributed by atoms with Gasteiger partial charge in [-0.05, 0) is 43.9 Å². The number of benzene rings is 1. The molecule has 30 heavy (non-hydrogen) atoms. The molecule has 0 bridgehead atoms. The van der Waals surface area contributed by atoms with Crippen LogP contribution in [0.1, 0.15) is 37.7 Å². The quantitative estimate of drug-likeness (QED) is 0.623. The second-order valence-electron chi connectivity index (χ2n) is 7.95. The highest BCUT2D eigenvalue weighted by Gasteiger charge is 2.38. The number of amides is 1. The predicted molar refractivity (Wildman–Crippen MR) is 121 cm³/mol. The van der Waals surface area contributed by atoms with Crippen LogP contribution in [0, 0.1) is 6.92 Å². The van der Waals surface area contributed by atoms with Crippen LogP contribution < -0.4 is 5.32 Å². The molecule has 2 fully saturated rings. The molecular formula is C20H26N4O3S3. The standard InChI is InChI=1S/C20H26N4O3S3/c1-14-5-4-6-15(11-14)21-19-22-23-20(29-19)28-12-18(25)24(16-7-2-3-8-16)17-9-10-30(26,27)13-17/h4-6,11,16-17H,2-3,7-10,12-13H2,1H3,(H,21,22). The third kappa shape index (κ3) is 5.33. The first kappa shape index (κ1) is 21.6. The van der Waals surface area contributed by atoms with Crippen LogP contribution in [-0.2, 0) is 14.6 Å². The molecule has 162 valence electrons. The first-order chi connectivity index (χ1) is 14.4. The van der Waals surface area contributed by atoms with E-state index in [9.17, 15) is 13.2 Å². The van der Waals surface area contributed by atoms with E-state index < -0.39 is 9.84 Å². The normalized spacial score (nSPS) is 21.0.